The van der Waals surface area contributed by atoms with Gasteiger partial charge in [-0.25, -0.2) is 8.42 Å². The van der Waals surface area contributed by atoms with Gasteiger partial charge in [0.25, 0.3) is 0 Å². The van der Waals surface area contributed by atoms with Crippen molar-refractivity contribution in [3.63, 3.8) is 0 Å². The molecule has 1 aromatic rings. The molecule has 1 heterocycles. The van der Waals surface area contributed by atoms with Crippen LogP contribution in [0.15, 0.2) is 18.2 Å². The molecule has 128 valence electrons. The largest absolute Gasteiger partial charge is 0.324 e. The number of nitrogens with one attached hydrogen (secondary N) is 1. The lowest BCUT2D eigenvalue weighted by molar-refractivity contribution is -0.116. The number of hydrogen-bond acceptors (Lipinski definition) is 3. The SMILES string of the molecule is CC(C)c1cccc(C(C)C)c1NC(=O)CN1CCCS1(=O)=O. The standard InChI is InChI=1S/C17H26N2O3S/c1-12(2)14-7-5-8-15(13(3)4)17(14)18-16(20)11-19-9-6-10-23(19,21)22/h5,7-8,12-13H,6,9-11H2,1-4H3,(H,18,20). The minimum absolute atomic E-state index is 0.105. The average Bonchev–Trinajstić information content (AvgIpc) is 2.77. The first kappa shape index (κ1) is 17.9. The number of carbonyl (C=O) groups is 1. The van der Waals surface area contributed by atoms with Crippen molar-refractivity contribution < 1.29 is 13.2 Å². The van der Waals surface area contributed by atoms with Crippen LogP contribution in [-0.4, -0.2) is 37.5 Å². The van der Waals surface area contributed by atoms with Gasteiger partial charge in [0.2, 0.25) is 15.9 Å². The maximum Gasteiger partial charge on any atom is 0.239 e. The van der Waals surface area contributed by atoms with Crippen LogP contribution in [0, 0.1) is 0 Å². The lowest BCUT2D eigenvalue weighted by atomic mass is 9.92. The van der Waals surface area contributed by atoms with Crippen molar-refractivity contribution in [2.45, 2.75) is 46.0 Å². The molecule has 6 heteroatoms. The number of nitrogens with zero attached hydrogens (tertiary/aromatic N) is 1. The zero-order valence-electron chi connectivity index (χ0n) is 14.3. The Morgan fingerprint density at radius 1 is 1.17 bits per heavy atom. The molecule has 0 bridgehead atoms. The van der Waals surface area contributed by atoms with E-state index >= 15 is 0 Å². The van der Waals surface area contributed by atoms with Gasteiger partial charge >= 0.3 is 0 Å². The van der Waals surface area contributed by atoms with Crippen LogP contribution in [0.1, 0.15) is 57.1 Å². The number of hydrogen-bond donors (Lipinski definition) is 1. The number of sulfonamides is 1. The monoisotopic (exact) mass is 338 g/mol. The van der Waals surface area contributed by atoms with Gasteiger partial charge in [-0.05, 0) is 29.4 Å². The number of amides is 1. The summed E-state index contributed by atoms with van der Waals surface area (Å²) in [5.41, 5.74) is 2.99. The molecule has 0 saturated carbocycles. The molecular formula is C17H26N2O3S. The fraction of sp³-hybridized carbons (Fsp3) is 0.588. The van der Waals surface area contributed by atoms with Gasteiger partial charge in [0, 0.05) is 12.2 Å². The van der Waals surface area contributed by atoms with Crippen molar-refractivity contribution in [1.82, 2.24) is 4.31 Å². The zero-order chi connectivity index (χ0) is 17.2. The number of benzene rings is 1. The third-order valence-corrected chi connectivity index (χ3v) is 6.06. The second-order valence-electron chi connectivity index (χ2n) is 6.67. The molecule has 1 N–H and O–H groups in total. The van der Waals surface area contributed by atoms with E-state index in [1.165, 1.54) is 4.31 Å². The fourth-order valence-corrected chi connectivity index (χ4v) is 4.38. The normalized spacial score (nSPS) is 17.8. The van der Waals surface area contributed by atoms with Crippen molar-refractivity contribution in [3.8, 4) is 0 Å². The van der Waals surface area contributed by atoms with Gasteiger partial charge < -0.3 is 5.32 Å². The molecule has 0 spiro atoms. The van der Waals surface area contributed by atoms with Crippen LogP contribution in [0.5, 0.6) is 0 Å². The van der Waals surface area contributed by atoms with Crippen molar-refractivity contribution in [2.75, 3.05) is 24.2 Å². The minimum atomic E-state index is -3.25. The lowest BCUT2D eigenvalue weighted by Gasteiger charge is -2.21. The molecule has 0 atom stereocenters. The van der Waals surface area contributed by atoms with Crippen molar-refractivity contribution in [3.05, 3.63) is 29.3 Å². The maximum atomic E-state index is 12.4. The lowest BCUT2D eigenvalue weighted by Crippen LogP contribution is -2.34. The molecule has 1 amide bonds. The maximum absolute atomic E-state index is 12.4. The molecule has 5 nitrogen and oxygen atoms in total. The summed E-state index contributed by atoms with van der Waals surface area (Å²) in [5, 5.41) is 2.96. The first-order chi connectivity index (χ1) is 10.7. The first-order valence-corrected chi connectivity index (χ1v) is 9.73. The van der Waals surface area contributed by atoms with Crippen molar-refractivity contribution in [2.24, 2.45) is 0 Å². The van der Waals surface area contributed by atoms with E-state index in [-0.39, 0.29) is 30.0 Å². The third-order valence-electron chi connectivity index (χ3n) is 4.16. The summed E-state index contributed by atoms with van der Waals surface area (Å²) in [5.74, 6) is 0.421. The highest BCUT2D eigenvalue weighted by Gasteiger charge is 2.30. The summed E-state index contributed by atoms with van der Waals surface area (Å²) in [6.45, 7) is 8.66. The van der Waals surface area contributed by atoms with Gasteiger partial charge in [0.1, 0.15) is 0 Å². The molecule has 1 saturated heterocycles. The Morgan fingerprint density at radius 2 is 1.74 bits per heavy atom. The van der Waals surface area contributed by atoms with Gasteiger partial charge in [0.15, 0.2) is 0 Å². The van der Waals surface area contributed by atoms with Crippen LogP contribution in [0.25, 0.3) is 0 Å². The van der Waals surface area contributed by atoms with E-state index < -0.39 is 10.0 Å². The van der Waals surface area contributed by atoms with Gasteiger partial charge in [-0.15, -0.1) is 0 Å². The van der Waals surface area contributed by atoms with Gasteiger partial charge in [-0.1, -0.05) is 45.9 Å². The molecule has 1 aliphatic rings. The Balaban J connectivity index is 2.23. The van der Waals surface area contributed by atoms with Crippen LogP contribution in [-0.2, 0) is 14.8 Å². The zero-order valence-corrected chi connectivity index (χ0v) is 15.1. The third kappa shape index (κ3) is 4.12. The molecule has 0 unspecified atom stereocenters. The van der Waals surface area contributed by atoms with E-state index in [1.807, 2.05) is 18.2 Å². The van der Waals surface area contributed by atoms with E-state index in [4.69, 9.17) is 0 Å². The summed E-state index contributed by atoms with van der Waals surface area (Å²) in [7, 11) is -3.25. The predicted molar refractivity (Wildman–Crippen MR) is 93.2 cm³/mol. The van der Waals surface area contributed by atoms with E-state index in [0.29, 0.717) is 13.0 Å². The molecule has 1 fully saturated rings. The van der Waals surface area contributed by atoms with Gasteiger partial charge in [-0.2, -0.15) is 4.31 Å². The van der Waals surface area contributed by atoms with Gasteiger partial charge in [0.05, 0.1) is 12.3 Å². The summed E-state index contributed by atoms with van der Waals surface area (Å²) < 4.78 is 25.0. The minimum Gasteiger partial charge on any atom is -0.324 e. The quantitative estimate of drug-likeness (QED) is 0.897. The van der Waals surface area contributed by atoms with E-state index in [2.05, 4.69) is 33.0 Å². The number of rotatable bonds is 5. The Labute approximate surface area is 139 Å². The van der Waals surface area contributed by atoms with E-state index in [0.717, 1.165) is 16.8 Å². The van der Waals surface area contributed by atoms with Gasteiger partial charge in [-0.3, -0.25) is 4.79 Å². The topological polar surface area (TPSA) is 66.5 Å². The second-order valence-corrected chi connectivity index (χ2v) is 8.76. The molecular weight excluding hydrogens is 312 g/mol. The Morgan fingerprint density at radius 3 is 2.17 bits per heavy atom. The first-order valence-electron chi connectivity index (χ1n) is 8.13. The van der Waals surface area contributed by atoms with Crippen molar-refractivity contribution >= 4 is 21.6 Å². The highest BCUT2D eigenvalue weighted by atomic mass is 32.2. The number of para-hydroxylation sites is 1. The van der Waals surface area contributed by atoms with E-state index in [9.17, 15) is 13.2 Å². The molecule has 2 rings (SSSR count). The van der Waals surface area contributed by atoms with E-state index in [1.54, 1.807) is 0 Å². The predicted octanol–water partition coefficient (Wildman–Crippen LogP) is 2.91. The summed E-state index contributed by atoms with van der Waals surface area (Å²) in [6, 6.07) is 6.03. The Hall–Kier alpha value is -1.40. The van der Waals surface area contributed by atoms with Crippen LogP contribution in [0.4, 0.5) is 5.69 Å². The number of anilines is 1. The second kappa shape index (κ2) is 7.01. The molecule has 1 aliphatic heterocycles. The van der Waals surface area contributed by atoms with Crippen molar-refractivity contribution in [1.29, 1.82) is 0 Å². The smallest absolute Gasteiger partial charge is 0.239 e. The molecule has 1 aromatic carbocycles. The highest BCUT2D eigenvalue weighted by Crippen LogP contribution is 2.32. The molecule has 0 aliphatic carbocycles. The van der Waals surface area contributed by atoms with Crippen LogP contribution in [0.3, 0.4) is 0 Å². The fourth-order valence-electron chi connectivity index (χ4n) is 2.90. The molecule has 0 radical (unpaired) electrons. The Kier molecular flexibility index (Phi) is 5.47. The van der Waals surface area contributed by atoms with Crippen LogP contribution in [0.2, 0.25) is 0 Å². The summed E-state index contributed by atoms with van der Waals surface area (Å²) in [6.07, 6.45) is 0.593. The average molecular weight is 338 g/mol. The summed E-state index contributed by atoms with van der Waals surface area (Å²) in [4.78, 5) is 12.4. The Bertz CT molecular complexity index is 655. The summed E-state index contributed by atoms with van der Waals surface area (Å²) >= 11 is 0. The molecule has 23 heavy (non-hydrogen) atoms. The highest BCUT2D eigenvalue weighted by molar-refractivity contribution is 7.89. The number of carbonyl (C=O) groups excluding carboxylic acids is 1. The van der Waals surface area contributed by atoms with Crippen LogP contribution < -0.4 is 5.32 Å². The molecule has 0 aromatic heterocycles. The van der Waals surface area contributed by atoms with Crippen LogP contribution >= 0.6 is 0 Å².